The van der Waals surface area contributed by atoms with Gasteiger partial charge in [-0.25, -0.2) is 0 Å². The average molecular weight is 396 g/mol. The fraction of sp³-hybridized carbons (Fsp3) is 0.478. The Labute approximate surface area is 171 Å². The van der Waals surface area contributed by atoms with Crippen LogP contribution in [0.4, 0.5) is 0 Å². The van der Waals surface area contributed by atoms with Crippen LogP contribution in [-0.4, -0.2) is 54.4 Å². The molecule has 0 atom stereocenters. The molecule has 6 nitrogen and oxygen atoms in total. The molecule has 2 aliphatic rings. The Kier molecular flexibility index (Phi) is 6.17. The zero-order valence-electron chi connectivity index (χ0n) is 16.7. The summed E-state index contributed by atoms with van der Waals surface area (Å²) in [6, 6.07) is 10.9. The van der Waals surface area contributed by atoms with E-state index in [9.17, 15) is 9.59 Å². The number of hydrogen-bond acceptors (Lipinski definition) is 4. The van der Waals surface area contributed by atoms with E-state index in [0.29, 0.717) is 18.3 Å². The smallest absolute Gasteiger partial charge is 0.289 e. The number of benzene rings is 1. The van der Waals surface area contributed by atoms with Crippen LogP contribution in [-0.2, 0) is 0 Å². The largest absolute Gasteiger partial charge is 0.493 e. The lowest BCUT2D eigenvalue weighted by Crippen LogP contribution is -2.39. The SMILES string of the molecule is O=C(c1ccc(OCC2CCN(C(=O)c3ccco3)CC2)cc1)N1CCCCC1. The Morgan fingerprint density at radius 1 is 0.897 bits per heavy atom. The highest BCUT2D eigenvalue weighted by Gasteiger charge is 2.25. The fourth-order valence-electron chi connectivity index (χ4n) is 4.05. The number of carbonyl (C=O) groups is 2. The third-order valence-electron chi connectivity index (χ3n) is 5.86. The Balaban J connectivity index is 1.22. The first-order valence-electron chi connectivity index (χ1n) is 10.6. The van der Waals surface area contributed by atoms with Crippen LogP contribution in [0.25, 0.3) is 0 Å². The molecule has 0 saturated carbocycles. The van der Waals surface area contributed by atoms with Crippen LogP contribution in [0, 0.1) is 5.92 Å². The summed E-state index contributed by atoms with van der Waals surface area (Å²) >= 11 is 0. The van der Waals surface area contributed by atoms with Crippen LogP contribution in [0.1, 0.15) is 53.0 Å². The first-order chi connectivity index (χ1) is 14.2. The van der Waals surface area contributed by atoms with Gasteiger partial charge in [-0.1, -0.05) is 0 Å². The maximum atomic E-state index is 12.5. The molecule has 6 heteroatoms. The maximum Gasteiger partial charge on any atom is 0.289 e. The second-order valence-corrected chi connectivity index (χ2v) is 7.90. The molecule has 4 rings (SSSR count). The van der Waals surface area contributed by atoms with Crippen molar-refractivity contribution in [3.63, 3.8) is 0 Å². The first kappa shape index (κ1) is 19.6. The predicted octanol–water partition coefficient (Wildman–Crippen LogP) is 3.84. The topological polar surface area (TPSA) is 63.0 Å². The van der Waals surface area contributed by atoms with Gasteiger partial charge in [-0.05, 0) is 74.4 Å². The average Bonchev–Trinajstić information content (AvgIpc) is 3.33. The molecule has 0 unspecified atom stereocenters. The lowest BCUT2D eigenvalue weighted by molar-refractivity contribution is 0.0629. The molecule has 0 radical (unpaired) electrons. The number of furan rings is 1. The lowest BCUT2D eigenvalue weighted by Gasteiger charge is -2.31. The van der Waals surface area contributed by atoms with E-state index in [-0.39, 0.29) is 11.8 Å². The molecule has 0 N–H and O–H groups in total. The molecular formula is C23H28N2O4. The van der Waals surface area contributed by atoms with E-state index < -0.39 is 0 Å². The Bertz CT molecular complexity index is 802. The summed E-state index contributed by atoms with van der Waals surface area (Å²) in [5, 5.41) is 0. The Morgan fingerprint density at radius 2 is 1.59 bits per heavy atom. The van der Waals surface area contributed by atoms with Crippen LogP contribution < -0.4 is 4.74 Å². The summed E-state index contributed by atoms with van der Waals surface area (Å²) in [4.78, 5) is 28.6. The Morgan fingerprint density at radius 3 is 2.24 bits per heavy atom. The zero-order chi connectivity index (χ0) is 20.1. The molecule has 2 aromatic rings. The van der Waals surface area contributed by atoms with Gasteiger partial charge < -0.3 is 19.0 Å². The van der Waals surface area contributed by atoms with Crippen molar-refractivity contribution in [2.24, 2.45) is 5.92 Å². The highest BCUT2D eigenvalue weighted by Crippen LogP contribution is 2.22. The van der Waals surface area contributed by atoms with E-state index in [1.807, 2.05) is 34.1 Å². The quantitative estimate of drug-likeness (QED) is 0.770. The van der Waals surface area contributed by atoms with E-state index in [1.165, 1.54) is 12.7 Å². The molecule has 2 fully saturated rings. The summed E-state index contributed by atoms with van der Waals surface area (Å²) in [7, 11) is 0. The third-order valence-corrected chi connectivity index (χ3v) is 5.86. The van der Waals surface area contributed by atoms with Crippen molar-refractivity contribution in [2.45, 2.75) is 32.1 Å². The number of carbonyl (C=O) groups excluding carboxylic acids is 2. The van der Waals surface area contributed by atoms with E-state index in [2.05, 4.69) is 0 Å². The number of rotatable bonds is 5. The number of nitrogens with zero attached hydrogens (tertiary/aromatic N) is 2. The fourth-order valence-corrected chi connectivity index (χ4v) is 4.05. The van der Waals surface area contributed by atoms with Gasteiger partial charge in [0.15, 0.2) is 5.76 Å². The number of hydrogen-bond donors (Lipinski definition) is 0. The summed E-state index contributed by atoms with van der Waals surface area (Å²) in [6.45, 7) is 3.78. The predicted molar refractivity (Wildman–Crippen MR) is 109 cm³/mol. The van der Waals surface area contributed by atoms with Crippen molar-refractivity contribution in [3.05, 3.63) is 54.0 Å². The van der Waals surface area contributed by atoms with E-state index in [0.717, 1.165) is 63.2 Å². The van der Waals surface area contributed by atoms with Gasteiger partial charge >= 0.3 is 0 Å². The van der Waals surface area contributed by atoms with Gasteiger partial charge in [0.1, 0.15) is 5.75 Å². The number of likely N-dealkylation sites (tertiary alicyclic amines) is 2. The van der Waals surface area contributed by atoms with Crippen molar-refractivity contribution in [1.29, 1.82) is 0 Å². The molecule has 29 heavy (non-hydrogen) atoms. The second-order valence-electron chi connectivity index (χ2n) is 7.90. The van der Waals surface area contributed by atoms with E-state index in [1.54, 1.807) is 12.1 Å². The molecular weight excluding hydrogens is 368 g/mol. The number of amides is 2. The molecule has 0 aliphatic carbocycles. The minimum Gasteiger partial charge on any atom is -0.493 e. The minimum absolute atomic E-state index is 0.0386. The molecule has 0 bridgehead atoms. The van der Waals surface area contributed by atoms with Crippen LogP contribution in [0.2, 0.25) is 0 Å². The van der Waals surface area contributed by atoms with Crippen LogP contribution >= 0.6 is 0 Å². The van der Waals surface area contributed by atoms with Crippen molar-refractivity contribution in [3.8, 4) is 5.75 Å². The molecule has 154 valence electrons. The van der Waals surface area contributed by atoms with Gasteiger partial charge in [-0.15, -0.1) is 0 Å². The monoisotopic (exact) mass is 396 g/mol. The Hall–Kier alpha value is -2.76. The first-order valence-corrected chi connectivity index (χ1v) is 10.6. The second kappa shape index (κ2) is 9.16. The molecule has 1 aromatic carbocycles. The highest BCUT2D eigenvalue weighted by atomic mass is 16.5. The van der Waals surface area contributed by atoms with Crippen molar-refractivity contribution in [1.82, 2.24) is 9.80 Å². The third kappa shape index (κ3) is 4.81. The van der Waals surface area contributed by atoms with Crippen LogP contribution in [0.5, 0.6) is 5.75 Å². The molecule has 2 saturated heterocycles. The van der Waals surface area contributed by atoms with Gasteiger partial charge in [-0.3, -0.25) is 9.59 Å². The normalized spacial score (nSPS) is 17.9. The van der Waals surface area contributed by atoms with Gasteiger partial charge in [0, 0.05) is 31.7 Å². The van der Waals surface area contributed by atoms with Crippen LogP contribution in [0.15, 0.2) is 47.1 Å². The minimum atomic E-state index is -0.0386. The van der Waals surface area contributed by atoms with Crippen molar-refractivity contribution < 1.29 is 18.7 Å². The van der Waals surface area contributed by atoms with Crippen LogP contribution in [0.3, 0.4) is 0 Å². The zero-order valence-corrected chi connectivity index (χ0v) is 16.7. The summed E-state index contributed by atoms with van der Waals surface area (Å²) in [6.07, 6.45) is 6.76. The summed E-state index contributed by atoms with van der Waals surface area (Å²) in [5.41, 5.74) is 0.726. The molecule has 1 aromatic heterocycles. The molecule has 2 aliphatic heterocycles. The van der Waals surface area contributed by atoms with Crippen molar-refractivity contribution in [2.75, 3.05) is 32.8 Å². The molecule has 0 spiro atoms. The van der Waals surface area contributed by atoms with Gasteiger partial charge in [0.05, 0.1) is 12.9 Å². The molecule has 3 heterocycles. The summed E-state index contributed by atoms with van der Waals surface area (Å²) in [5.74, 6) is 1.69. The molecule has 2 amide bonds. The van der Waals surface area contributed by atoms with Gasteiger partial charge in [0.25, 0.3) is 11.8 Å². The standard InChI is InChI=1S/C23H28N2O4/c26-22(24-12-2-1-3-13-24)19-6-8-20(9-7-19)29-17-18-10-14-25(15-11-18)23(27)21-5-4-16-28-21/h4-9,16,18H,1-3,10-15,17H2. The van der Waals surface area contributed by atoms with Crippen molar-refractivity contribution >= 4 is 11.8 Å². The lowest BCUT2D eigenvalue weighted by atomic mass is 9.97. The van der Waals surface area contributed by atoms with E-state index >= 15 is 0 Å². The van der Waals surface area contributed by atoms with E-state index in [4.69, 9.17) is 9.15 Å². The van der Waals surface area contributed by atoms with Gasteiger partial charge in [-0.2, -0.15) is 0 Å². The highest BCUT2D eigenvalue weighted by molar-refractivity contribution is 5.94. The van der Waals surface area contributed by atoms with Gasteiger partial charge in [0.2, 0.25) is 0 Å². The number of piperidine rings is 2. The number of ether oxygens (including phenoxy) is 1. The summed E-state index contributed by atoms with van der Waals surface area (Å²) < 4.78 is 11.1. The maximum absolute atomic E-state index is 12.5.